The third-order valence-corrected chi connectivity index (χ3v) is 4.04. The van der Waals surface area contributed by atoms with Crippen molar-refractivity contribution >= 4 is 5.91 Å². The second kappa shape index (κ2) is 6.37. The molecule has 7 nitrogen and oxygen atoms in total. The first-order valence-corrected chi connectivity index (χ1v) is 7.62. The Morgan fingerprint density at radius 3 is 3.00 bits per heavy atom. The average molecular weight is 316 g/mol. The lowest BCUT2D eigenvalue weighted by atomic mass is 10.0. The molecule has 1 aliphatic rings. The zero-order valence-corrected chi connectivity index (χ0v) is 13.2. The monoisotopic (exact) mass is 316 g/mol. The number of imidazole rings is 1. The molecule has 0 bridgehead atoms. The summed E-state index contributed by atoms with van der Waals surface area (Å²) in [7, 11) is 1.92. The molecule has 0 aromatic carbocycles. The van der Waals surface area contributed by atoms with Crippen molar-refractivity contribution in [3.63, 3.8) is 0 Å². The van der Waals surface area contributed by atoms with E-state index < -0.39 is 0 Å². The molecule has 7 heteroatoms. The van der Waals surface area contributed by atoms with Gasteiger partial charge < -0.3 is 19.6 Å². The summed E-state index contributed by atoms with van der Waals surface area (Å²) in [6.07, 6.45) is 4.88. The van der Waals surface area contributed by atoms with E-state index in [9.17, 15) is 9.59 Å². The fraction of sp³-hybridized carbons (Fsp3) is 0.438. The van der Waals surface area contributed by atoms with Crippen LogP contribution in [0.25, 0.3) is 0 Å². The number of aromatic amines is 1. The number of ether oxygens (including phenoxy) is 1. The number of hydrogen-bond acceptors (Lipinski definition) is 4. The Morgan fingerprint density at radius 1 is 1.48 bits per heavy atom. The van der Waals surface area contributed by atoms with Gasteiger partial charge in [0.2, 0.25) is 5.56 Å². The summed E-state index contributed by atoms with van der Waals surface area (Å²) in [4.78, 5) is 30.6. The zero-order valence-electron chi connectivity index (χ0n) is 13.2. The normalized spacial score (nSPS) is 21.1. The first kappa shape index (κ1) is 15.5. The van der Waals surface area contributed by atoms with E-state index in [1.165, 1.54) is 6.07 Å². The standard InChI is InChI=1S/C16H20N4O3/c1-10-5-11(6-15(21)18-10)16(22)19-12-3-4-23-14(7-12)13-8-17-9-20(13)2/h5-6,8-9,12,14H,3-4,7H2,1-2H3,(H,18,21)(H,19,22)/t12-,14+/m1/s1. The molecule has 1 amide bonds. The second-order valence-corrected chi connectivity index (χ2v) is 5.90. The molecule has 3 rings (SSSR count). The summed E-state index contributed by atoms with van der Waals surface area (Å²) < 4.78 is 7.72. The van der Waals surface area contributed by atoms with Crippen LogP contribution in [0.5, 0.6) is 0 Å². The predicted molar refractivity (Wildman–Crippen MR) is 84.2 cm³/mol. The summed E-state index contributed by atoms with van der Waals surface area (Å²) in [5, 5.41) is 3.00. The van der Waals surface area contributed by atoms with Crippen LogP contribution in [0, 0.1) is 6.92 Å². The van der Waals surface area contributed by atoms with E-state index in [0.29, 0.717) is 24.3 Å². The van der Waals surface area contributed by atoms with Crippen LogP contribution < -0.4 is 10.9 Å². The number of aryl methyl sites for hydroxylation is 2. The summed E-state index contributed by atoms with van der Waals surface area (Å²) in [5.41, 5.74) is 1.78. The van der Waals surface area contributed by atoms with E-state index in [4.69, 9.17) is 4.74 Å². The number of nitrogens with zero attached hydrogens (tertiary/aromatic N) is 2. The van der Waals surface area contributed by atoms with E-state index in [2.05, 4.69) is 15.3 Å². The lowest BCUT2D eigenvalue weighted by Gasteiger charge is -2.30. The van der Waals surface area contributed by atoms with Crippen molar-refractivity contribution in [1.82, 2.24) is 19.9 Å². The second-order valence-electron chi connectivity index (χ2n) is 5.90. The van der Waals surface area contributed by atoms with Gasteiger partial charge in [-0.05, 0) is 25.8 Å². The molecule has 2 atom stereocenters. The van der Waals surface area contributed by atoms with Crippen LogP contribution in [-0.4, -0.2) is 33.1 Å². The van der Waals surface area contributed by atoms with Gasteiger partial charge in [-0.1, -0.05) is 0 Å². The number of carbonyl (C=O) groups excluding carboxylic acids is 1. The highest BCUT2D eigenvalue weighted by Crippen LogP contribution is 2.27. The van der Waals surface area contributed by atoms with Crippen LogP contribution in [0.4, 0.5) is 0 Å². The summed E-state index contributed by atoms with van der Waals surface area (Å²) in [6.45, 7) is 2.33. The summed E-state index contributed by atoms with van der Waals surface area (Å²) >= 11 is 0. The third-order valence-electron chi connectivity index (χ3n) is 4.04. The van der Waals surface area contributed by atoms with Gasteiger partial charge in [0.1, 0.15) is 6.10 Å². The van der Waals surface area contributed by atoms with E-state index in [1.54, 1.807) is 25.5 Å². The van der Waals surface area contributed by atoms with Crippen molar-refractivity contribution in [3.8, 4) is 0 Å². The van der Waals surface area contributed by atoms with Crippen LogP contribution >= 0.6 is 0 Å². The van der Waals surface area contributed by atoms with Crippen molar-refractivity contribution in [2.24, 2.45) is 7.05 Å². The number of nitrogens with one attached hydrogen (secondary N) is 2. The largest absolute Gasteiger partial charge is 0.372 e. The van der Waals surface area contributed by atoms with Crippen molar-refractivity contribution in [3.05, 3.63) is 52.0 Å². The topological polar surface area (TPSA) is 89.0 Å². The minimum atomic E-state index is -0.269. The highest BCUT2D eigenvalue weighted by Gasteiger charge is 2.27. The van der Waals surface area contributed by atoms with Gasteiger partial charge >= 0.3 is 0 Å². The number of hydrogen-bond donors (Lipinski definition) is 2. The smallest absolute Gasteiger partial charge is 0.251 e. The molecule has 2 aromatic heterocycles. The highest BCUT2D eigenvalue weighted by atomic mass is 16.5. The Labute approximate surface area is 133 Å². The van der Waals surface area contributed by atoms with Gasteiger partial charge in [-0.2, -0.15) is 0 Å². The van der Waals surface area contributed by atoms with Gasteiger partial charge in [0, 0.05) is 37.0 Å². The van der Waals surface area contributed by atoms with Crippen LogP contribution in [0.15, 0.2) is 29.5 Å². The van der Waals surface area contributed by atoms with E-state index in [-0.39, 0.29) is 23.6 Å². The van der Waals surface area contributed by atoms with Crippen LogP contribution in [0.1, 0.15) is 40.7 Å². The fourth-order valence-corrected chi connectivity index (χ4v) is 2.89. The lowest BCUT2D eigenvalue weighted by Crippen LogP contribution is -2.40. The molecule has 0 saturated carbocycles. The maximum absolute atomic E-state index is 12.4. The van der Waals surface area contributed by atoms with E-state index in [0.717, 1.165) is 12.1 Å². The molecule has 2 aromatic rings. The van der Waals surface area contributed by atoms with Gasteiger partial charge in [0.25, 0.3) is 5.91 Å². The molecule has 3 heterocycles. The van der Waals surface area contributed by atoms with Crippen molar-refractivity contribution in [1.29, 1.82) is 0 Å². The Morgan fingerprint density at radius 2 is 2.30 bits per heavy atom. The highest BCUT2D eigenvalue weighted by molar-refractivity contribution is 5.94. The number of pyridine rings is 1. The van der Waals surface area contributed by atoms with Gasteiger partial charge in [0.05, 0.1) is 18.2 Å². The average Bonchev–Trinajstić information content (AvgIpc) is 2.92. The molecule has 2 N–H and O–H groups in total. The molecule has 0 radical (unpaired) electrons. The van der Waals surface area contributed by atoms with Gasteiger partial charge in [-0.3, -0.25) is 9.59 Å². The molecule has 1 saturated heterocycles. The molecule has 1 fully saturated rings. The minimum Gasteiger partial charge on any atom is -0.372 e. The Bertz CT molecular complexity index is 765. The van der Waals surface area contributed by atoms with Crippen LogP contribution in [-0.2, 0) is 11.8 Å². The number of amides is 1. The molecule has 23 heavy (non-hydrogen) atoms. The Kier molecular flexibility index (Phi) is 4.29. The molecule has 1 aliphatic heterocycles. The van der Waals surface area contributed by atoms with Crippen LogP contribution in [0.2, 0.25) is 0 Å². The molecular formula is C16H20N4O3. The van der Waals surface area contributed by atoms with Crippen LogP contribution in [0.3, 0.4) is 0 Å². The SMILES string of the molecule is Cc1cc(C(=O)N[C@@H]2CCO[C@H](c3cncn3C)C2)cc(=O)[nH]1. The maximum Gasteiger partial charge on any atom is 0.251 e. The van der Waals surface area contributed by atoms with Gasteiger partial charge in [0.15, 0.2) is 0 Å². The minimum absolute atomic E-state index is 0.00995. The Balaban J connectivity index is 1.69. The molecule has 122 valence electrons. The summed E-state index contributed by atoms with van der Waals surface area (Å²) in [6, 6.07) is 3.00. The van der Waals surface area contributed by atoms with Crippen molar-refractivity contribution < 1.29 is 9.53 Å². The quantitative estimate of drug-likeness (QED) is 0.886. The predicted octanol–water partition coefficient (Wildman–Crippen LogP) is 1.07. The van der Waals surface area contributed by atoms with Crippen molar-refractivity contribution in [2.45, 2.75) is 31.9 Å². The first-order valence-electron chi connectivity index (χ1n) is 7.62. The molecular weight excluding hydrogens is 296 g/mol. The van der Waals surface area contributed by atoms with Gasteiger partial charge in [-0.15, -0.1) is 0 Å². The van der Waals surface area contributed by atoms with Gasteiger partial charge in [-0.25, -0.2) is 4.98 Å². The van der Waals surface area contributed by atoms with Crippen molar-refractivity contribution in [2.75, 3.05) is 6.61 Å². The number of aromatic nitrogens is 3. The summed E-state index contributed by atoms with van der Waals surface area (Å²) in [5.74, 6) is -0.227. The zero-order chi connectivity index (χ0) is 16.4. The van der Waals surface area contributed by atoms with E-state index in [1.807, 2.05) is 11.6 Å². The van der Waals surface area contributed by atoms with E-state index >= 15 is 0 Å². The molecule has 0 aliphatic carbocycles. The fourth-order valence-electron chi connectivity index (χ4n) is 2.89. The number of carbonyl (C=O) groups is 1. The number of H-pyrrole nitrogens is 1. The number of rotatable bonds is 3. The molecule has 0 unspecified atom stereocenters. The molecule has 0 spiro atoms. The maximum atomic E-state index is 12.4. The third kappa shape index (κ3) is 3.50. The Hall–Kier alpha value is -2.41. The first-order chi connectivity index (χ1) is 11.0. The lowest BCUT2D eigenvalue weighted by molar-refractivity contribution is -0.00302.